The maximum Gasteiger partial charge on any atom is 0.270 e. The van der Waals surface area contributed by atoms with E-state index in [4.69, 9.17) is 4.74 Å². The molecule has 1 fully saturated rings. The van der Waals surface area contributed by atoms with Crippen molar-refractivity contribution >= 4 is 11.9 Å². The smallest absolute Gasteiger partial charge is 0.270 e. The van der Waals surface area contributed by atoms with Crippen LogP contribution in [0.4, 0.5) is 5.95 Å². The molecule has 7 heteroatoms. The van der Waals surface area contributed by atoms with Crippen LogP contribution in [-0.4, -0.2) is 74.3 Å². The number of methoxy groups -OCH3 is 1. The number of nitrogens with zero attached hydrogens (tertiary/aromatic N) is 4. The summed E-state index contributed by atoms with van der Waals surface area (Å²) < 4.78 is 4.97. The Morgan fingerprint density at radius 1 is 1.32 bits per heavy atom. The van der Waals surface area contributed by atoms with E-state index in [9.17, 15) is 4.79 Å². The third kappa shape index (κ3) is 4.64. The molecule has 1 saturated heterocycles. The van der Waals surface area contributed by atoms with E-state index in [1.807, 2.05) is 6.92 Å². The molecule has 1 aromatic rings. The predicted molar refractivity (Wildman–Crippen MR) is 85.3 cm³/mol. The Morgan fingerprint density at radius 2 is 2.05 bits per heavy atom. The number of rotatable bonds is 6. The van der Waals surface area contributed by atoms with E-state index in [0.717, 1.165) is 38.3 Å². The van der Waals surface area contributed by atoms with Crippen molar-refractivity contribution in [3.05, 3.63) is 17.5 Å². The fraction of sp³-hybridized carbons (Fsp3) is 0.667. The largest absolute Gasteiger partial charge is 0.385 e. The zero-order valence-electron chi connectivity index (χ0n) is 13.6. The maximum absolute atomic E-state index is 12.2. The first-order valence-electron chi connectivity index (χ1n) is 7.66. The van der Waals surface area contributed by atoms with E-state index >= 15 is 0 Å². The van der Waals surface area contributed by atoms with Crippen molar-refractivity contribution in [3.8, 4) is 0 Å². The highest BCUT2D eigenvalue weighted by Crippen LogP contribution is 2.12. The normalized spacial score (nSPS) is 15.9. The number of amides is 1. The summed E-state index contributed by atoms with van der Waals surface area (Å²) in [5.74, 6) is 0.493. The van der Waals surface area contributed by atoms with Crippen molar-refractivity contribution in [3.63, 3.8) is 0 Å². The minimum Gasteiger partial charge on any atom is -0.385 e. The summed E-state index contributed by atoms with van der Waals surface area (Å²) in [6.07, 6.45) is 0.789. The molecule has 1 N–H and O–H groups in total. The third-order valence-electron chi connectivity index (χ3n) is 3.67. The summed E-state index contributed by atoms with van der Waals surface area (Å²) in [5, 5.41) is 2.86. The molecule has 1 amide bonds. The summed E-state index contributed by atoms with van der Waals surface area (Å²) in [6, 6.07) is 1.73. The first kappa shape index (κ1) is 16.6. The minimum atomic E-state index is -0.156. The molecule has 1 aliphatic rings. The van der Waals surface area contributed by atoms with Crippen molar-refractivity contribution in [2.75, 3.05) is 58.4 Å². The van der Waals surface area contributed by atoms with E-state index < -0.39 is 0 Å². The molecule has 22 heavy (non-hydrogen) atoms. The summed E-state index contributed by atoms with van der Waals surface area (Å²) in [6.45, 7) is 6.84. The van der Waals surface area contributed by atoms with Gasteiger partial charge in [0.25, 0.3) is 5.91 Å². The van der Waals surface area contributed by atoms with Gasteiger partial charge in [0.1, 0.15) is 5.69 Å². The Kier molecular flexibility index (Phi) is 6.09. The second-order valence-corrected chi connectivity index (χ2v) is 5.59. The predicted octanol–water partition coefficient (Wildman–Crippen LogP) is 0.303. The van der Waals surface area contributed by atoms with Crippen LogP contribution in [0.3, 0.4) is 0 Å². The number of nitrogens with one attached hydrogen (secondary N) is 1. The van der Waals surface area contributed by atoms with Gasteiger partial charge in [0.2, 0.25) is 5.95 Å². The van der Waals surface area contributed by atoms with Gasteiger partial charge in [0.05, 0.1) is 0 Å². The average molecular weight is 307 g/mol. The van der Waals surface area contributed by atoms with Crippen LogP contribution >= 0.6 is 0 Å². The highest BCUT2D eigenvalue weighted by atomic mass is 16.5. The monoisotopic (exact) mass is 307 g/mol. The molecule has 0 aliphatic carbocycles. The standard InChI is InChI=1S/C15H25N5O2/c1-12-11-13(14(21)16-5-4-10-22-3)18-15(17-12)20-8-6-19(2)7-9-20/h11H,4-10H2,1-3H3,(H,16,21). The lowest BCUT2D eigenvalue weighted by atomic mass is 10.3. The molecule has 0 radical (unpaired) electrons. The van der Waals surface area contributed by atoms with Crippen molar-refractivity contribution in [2.24, 2.45) is 0 Å². The number of carbonyl (C=O) groups excluding carboxylic acids is 1. The highest BCUT2D eigenvalue weighted by Gasteiger charge is 2.18. The number of anilines is 1. The van der Waals surface area contributed by atoms with Gasteiger partial charge in [-0.25, -0.2) is 9.97 Å². The zero-order chi connectivity index (χ0) is 15.9. The molecule has 1 aliphatic heterocycles. The van der Waals surface area contributed by atoms with Crippen LogP contribution in [0.1, 0.15) is 22.6 Å². The first-order chi connectivity index (χ1) is 10.6. The summed E-state index contributed by atoms with van der Waals surface area (Å²) >= 11 is 0. The van der Waals surface area contributed by atoms with E-state index in [1.54, 1.807) is 13.2 Å². The molecule has 0 atom stereocenters. The number of carbonyl (C=O) groups is 1. The number of aryl methyl sites for hydroxylation is 1. The summed E-state index contributed by atoms with van der Waals surface area (Å²) in [5.41, 5.74) is 1.24. The number of hydrogen-bond donors (Lipinski definition) is 1. The van der Waals surface area contributed by atoms with Gasteiger partial charge in [-0.05, 0) is 26.5 Å². The van der Waals surface area contributed by atoms with Gasteiger partial charge in [0, 0.05) is 52.1 Å². The van der Waals surface area contributed by atoms with Crippen LogP contribution in [0.2, 0.25) is 0 Å². The molecule has 2 heterocycles. The number of aromatic nitrogens is 2. The molecule has 7 nitrogen and oxygen atoms in total. The first-order valence-corrected chi connectivity index (χ1v) is 7.66. The molecule has 0 unspecified atom stereocenters. The molecule has 0 aromatic carbocycles. The minimum absolute atomic E-state index is 0.156. The number of likely N-dealkylation sites (N-methyl/N-ethyl adjacent to an activating group) is 1. The van der Waals surface area contributed by atoms with Crippen LogP contribution in [0.15, 0.2) is 6.07 Å². The quantitative estimate of drug-likeness (QED) is 0.763. The molecular weight excluding hydrogens is 282 g/mol. The van der Waals surface area contributed by atoms with E-state index in [0.29, 0.717) is 24.8 Å². The van der Waals surface area contributed by atoms with Gasteiger partial charge in [-0.1, -0.05) is 0 Å². The Balaban J connectivity index is 2.01. The molecule has 122 valence electrons. The van der Waals surface area contributed by atoms with Gasteiger partial charge in [-0.3, -0.25) is 4.79 Å². The van der Waals surface area contributed by atoms with Gasteiger partial charge in [-0.15, -0.1) is 0 Å². The van der Waals surface area contributed by atoms with Gasteiger partial charge in [-0.2, -0.15) is 0 Å². The van der Waals surface area contributed by atoms with Crippen LogP contribution in [0.5, 0.6) is 0 Å². The van der Waals surface area contributed by atoms with Crippen LogP contribution in [0, 0.1) is 6.92 Å². The molecule has 2 rings (SSSR count). The average Bonchev–Trinajstić information content (AvgIpc) is 2.51. The topological polar surface area (TPSA) is 70.6 Å². The lowest BCUT2D eigenvalue weighted by Crippen LogP contribution is -2.45. The lowest BCUT2D eigenvalue weighted by Gasteiger charge is -2.32. The van der Waals surface area contributed by atoms with Crippen molar-refractivity contribution in [1.82, 2.24) is 20.2 Å². The van der Waals surface area contributed by atoms with Gasteiger partial charge < -0.3 is 19.9 Å². The van der Waals surface area contributed by atoms with Gasteiger partial charge in [0.15, 0.2) is 0 Å². The Labute approximate surface area is 131 Å². The van der Waals surface area contributed by atoms with Crippen molar-refractivity contribution in [1.29, 1.82) is 0 Å². The molecule has 1 aromatic heterocycles. The number of ether oxygens (including phenoxy) is 1. The number of piperazine rings is 1. The Hall–Kier alpha value is -1.73. The van der Waals surface area contributed by atoms with Crippen LogP contribution < -0.4 is 10.2 Å². The molecule has 0 bridgehead atoms. The SMILES string of the molecule is COCCCNC(=O)c1cc(C)nc(N2CCN(C)CC2)n1. The highest BCUT2D eigenvalue weighted by molar-refractivity contribution is 5.92. The second kappa shape index (κ2) is 8.05. The van der Waals surface area contributed by atoms with E-state index in [2.05, 4.69) is 32.1 Å². The third-order valence-corrected chi connectivity index (χ3v) is 3.67. The van der Waals surface area contributed by atoms with Crippen molar-refractivity contribution in [2.45, 2.75) is 13.3 Å². The number of hydrogen-bond acceptors (Lipinski definition) is 6. The Bertz CT molecular complexity index is 501. The van der Waals surface area contributed by atoms with Crippen molar-refractivity contribution < 1.29 is 9.53 Å². The fourth-order valence-corrected chi connectivity index (χ4v) is 2.33. The van der Waals surface area contributed by atoms with Gasteiger partial charge >= 0.3 is 0 Å². The summed E-state index contributed by atoms with van der Waals surface area (Å²) in [4.78, 5) is 25.5. The second-order valence-electron chi connectivity index (χ2n) is 5.59. The van der Waals surface area contributed by atoms with E-state index in [-0.39, 0.29) is 5.91 Å². The molecule has 0 spiro atoms. The van der Waals surface area contributed by atoms with E-state index in [1.165, 1.54) is 0 Å². The lowest BCUT2D eigenvalue weighted by molar-refractivity contribution is 0.0943. The van der Waals surface area contributed by atoms with Crippen LogP contribution in [0.25, 0.3) is 0 Å². The zero-order valence-corrected chi connectivity index (χ0v) is 13.6. The molecule has 0 saturated carbocycles. The molecular formula is C15H25N5O2. The fourth-order valence-electron chi connectivity index (χ4n) is 2.33. The Morgan fingerprint density at radius 3 is 2.73 bits per heavy atom. The maximum atomic E-state index is 12.2. The summed E-state index contributed by atoms with van der Waals surface area (Å²) in [7, 11) is 3.76. The van der Waals surface area contributed by atoms with Crippen LogP contribution in [-0.2, 0) is 4.74 Å².